The van der Waals surface area contributed by atoms with Crippen LogP contribution in [0, 0.1) is 0 Å². The molecule has 1 unspecified atom stereocenters. The summed E-state index contributed by atoms with van der Waals surface area (Å²) < 4.78 is 38.4. The summed E-state index contributed by atoms with van der Waals surface area (Å²) in [5.74, 6) is -0.0993. The topological polar surface area (TPSA) is 20.3 Å². The summed E-state index contributed by atoms with van der Waals surface area (Å²) in [6.45, 7) is 0.676. The standard InChI is InChI=1S/C20H20F3NO/c21-20(22,23)17-9-4-8-16(12-17)14-19(25)24-11-5-10-18(24)13-15-6-2-1-3-7-15/h1-4,6-9,12,18H,5,10-11,13-14H2. The number of hydrogen-bond acceptors (Lipinski definition) is 1. The molecule has 5 heteroatoms. The molecule has 1 fully saturated rings. The first kappa shape index (κ1) is 17.5. The van der Waals surface area contributed by atoms with Crippen LogP contribution in [0.25, 0.3) is 0 Å². The van der Waals surface area contributed by atoms with Crippen molar-refractivity contribution in [2.45, 2.75) is 37.9 Å². The van der Waals surface area contributed by atoms with Crippen molar-refractivity contribution in [1.29, 1.82) is 0 Å². The Morgan fingerprint density at radius 3 is 2.48 bits per heavy atom. The molecular formula is C20H20F3NO. The lowest BCUT2D eigenvalue weighted by Gasteiger charge is -2.25. The number of benzene rings is 2. The Morgan fingerprint density at radius 2 is 1.76 bits per heavy atom. The summed E-state index contributed by atoms with van der Waals surface area (Å²) in [5.41, 5.74) is 0.872. The lowest BCUT2D eigenvalue weighted by molar-refractivity contribution is -0.138. The van der Waals surface area contributed by atoms with Crippen molar-refractivity contribution in [2.75, 3.05) is 6.54 Å². The Kier molecular flexibility index (Phi) is 5.11. The van der Waals surface area contributed by atoms with Gasteiger partial charge < -0.3 is 4.90 Å². The number of likely N-dealkylation sites (tertiary alicyclic amines) is 1. The van der Waals surface area contributed by atoms with Crippen molar-refractivity contribution in [2.24, 2.45) is 0 Å². The number of hydrogen-bond donors (Lipinski definition) is 0. The van der Waals surface area contributed by atoms with Crippen LogP contribution < -0.4 is 0 Å². The highest BCUT2D eigenvalue weighted by Crippen LogP contribution is 2.30. The minimum Gasteiger partial charge on any atom is -0.339 e. The van der Waals surface area contributed by atoms with Gasteiger partial charge in [-0.3, -0.25) is 4.79 Å². The maximum atomic E-state index is 12.8. The van der Waals surface area contributed by atoms with Gasteiger partial charge in [0.15, 0.2) is 0 Å². The molecule has 1 heterocycles. The van der Waals surface area contributed by atoms with Crippen LogP contribution >= 0.6 is 0 Å². The van der Waals surface area contributed by atoms with Gasteiger partial charge in [-0.25, -0.2) is 0 Å². The molecule has 2 aromatic carbocycles. The largest absolute Gasteiger partial charge is 0.416 e. The van der Waals surface area contributed by atoms with E-state index in [1.54, 1.807) is 6.07 Å². The second-order valence-corrected chi connectivity index (χ2v) is 6.45. The van der Waals surface area contributed by atoms with E-state index in [1.165, 1.54) is 11.6 Å². The molecule has 1 amide bonds. The van der Waals surface area contributed by atoms with Crippen LogP contribution in [0.2, 0.25) is 0 Å². The Balaban J connectivity index is 1.68. The zero-order valence-corrected chi connectivity index (χ0v) is 13.8. The Morgan fingerprint density at radius 1 is 1.04 bits per heavy atom. The van der Waals surface area contributed by atoms with Gasteiger partial charge in [-0.05, 0) is 36.5 Å². The van der Waals surface area contributed by atoms with E-state index < -0.39 is 11.7 Å². The highest BCUT2D eigenvalue weighted by atomic mass is 19.4. The lowest BCUT2D eigenvalue weighted by atomic mass is 10.0. The van der Waals surface area contributed by atoms with Gasteiger partial charge >= 0.3 is 6.18 Å². The van der Waals surface area contributed by atoms with Gasteiger partial charge in [0.2, 0.25) is 5.91 Å². The maximum Gasteiger partial charge on any atom is 0.416 e. The number of carbonyl (C=O) groups is 1. The molecule has 1 atom stereocenters. The van der Waals surface area contributed by atoms with Gasteiger partial charge in [0.1, 0.15) is 0 Å². The van der Waals surface area contributed by atoms with Crippen molar-refractivity contribution in [3.05, 3.63) is 71.3 Å². The van der Waals surface area contributed by atoms with E-state index in [4.69, 9.17) is 0 Å². The van der Waals surface area contributed by atoms with Crippen molar-refractivity contribution in [3.63, 3.8) is 0 Å². The Hall–Kier alpha value is -2.30. The molecule has 0 N–H and O–H groups in total. The zero-order valence-electron chi connectivity index (χ0n) is 13.8. The predicted molar refractivity (Wildman–Crippen MR) is 90.0 cm³/mol. The first-order valence-electron chi connectivity index (χ1n) is 8.43. The molecule has 2 aromatic rings. The normalized spacial score (nSPS) is 17.7. The van der Waals surface area contributed by atoms with Crippen LogP contribution in [-0.4, -0.2) is 23.4 Å². The quantitative estimate of drug-likeness (QED) is 0.798. The van der Waals surface area contributed by atoms with Gasteiger partial charge in [-0.2, -0.15) is 13.2 Å². The van der Waals surface area contributed by atoms with E-state index in [9.17, 15) is 18.0 Å². The Bertz CT molecular complexity index is 727. The summed E-state index contributed by atoms with van der Waals surface area (Å²) in [7, 11) is 0. The molecule has 1 aliphatic rings. The number of nitrogens with zero attached hydrogens (tertiary/aromatic N) is 1. The van der Waals surface area contributed by atoms with Crippen LogP contribution in [0.3, 0.4) is 0 Å². The molecule has 0 radical (unpaired) electrons. The fourth-order valence-electron chi connectivity index (χ4n) is 3.40. The van der Waals surface area contributed by atoms with E-state index in [2.05, 4.69) is 0 Å². The third-order valence-electron chi connectivity index (χ3n) is 4.62. The van der Waals surface area contributed by atoms with Gasteiger partial charge in [0.25, 0.3) is 0 Å². The fourth-order valence-corrected chi connectivity index (χ4v) is 3.40. The van der Waals surface area contributed by atoms with Crippen molar-refractivity contribution in [1.82, 2.24) is 4.90 Å². The highest BCUT2D eigenvalue weighted by molar-refractivity contribution is 5.79. The number of amides is 1. The van der Waals surface area contributed by atoms with Crippen molar-refractivity contribution < 1.29 is 18.0 Å². The lowest BCUT2D eigenvalue weighted by Crippen LogP contribution is -2.37. The van der Waals surface area contributed by atoms with E-state index in [0.717, 1.165) is 31.4 Å². The molecule has 25 heavy (non-hydrogen) atoms. The fraction of sp³-hybridized carbons (Fsp3) is 0.350. The van der Waals surface area contributed by atoms with Crippen LogP contribution in [0.15, 0.2) is 54.6 Å². The van der Waals surface area contributed by atoms with Gasteiger partial charge in [0, 0.05) is 12.6 Å². The summed E-state index contributed by atoms with van der Waals surface area (Å²) in [4.78, 5) is 14.4. The third-order valence-corrected chi connectivity index (χ3v) is 4.62. The number of halogens is 3. The van der Waals surface area contributed by atoms with Crippen LogP contribution in [-0.2, 0) is 23.8 Å². The van der Waals surface area contributed by atoms with Gasteiger partial charge in [0.05, 0.1) is 12.0 Å². The van der Waals surface area contributed by atoms with Crippen LogP contribution in [0.5, 0.6) is 0 Å². The average molecular weight is 347 g/mol. The summed E-state index contributed by atoms with van der Waals surface area (Å²) in [6, 6.07) is 15.1. The Labute approximate surface area is 145 Å². The molecule has 0 saturated carbocycles. The average Bonchev–Trinajstić information content (AvgIpc) is 3.03. The summed E-state index contributed by atoms with van der Waals surface area (Å²) >= 11 is 0. The van der Waals surface area contributed by atoms with E-state index in [-0.39, 0.29) is 18.4 Å². The smallest absolute Gasteiger partial charge is 0.339 e. The maximum absolute atomic E-state index is 12.8. The predicted octanol–water partition coefficient (Wildman–Crippen LogP) is 4.48. The van der Waals surface area contributed by atoms with Crippen molar-refractivity contribution >= 4 is 5.91 Å². The first-order chi connectivity index (χ1) is 11.9. The van der Waals surface area contributed by atoms with Gasteiger partial charge in [-0.15, -0.1) is 0 Å². The molecule has 132 valence electrons. The number of carbonyl (C=O) groups excluding carboxylic acids is 1. The van der Waals surface area contributed by atoms with Crippen LogP contribution in [0.1, 0.15) is 29.5 Å². The van der Waals surface area contributed by atoms with E-state index in [1.807, 2.05) is 35.2 Å². The van der Waals surface area contributed by atoms with Gasteiger partial charge in [-0.1, -0.05) is 48.5 Å². The minimum atomic E-state index is -4.39. The molecule has 0 spiro atoms. The second-order valence-electron chi connectivity index (χ2n) is 6.45. The highest BCUT2D eigenvalue weighted by Gasteiger charge is 2.31. The second kappa shape index (κ2) is 7.30. The zero-order chi connectivity index (χ0) is 17.9. The summed E-state index contributed by atoms with van der Waals surface area (Å²) in [6.07, 6.45) is -1.72. The number of alkyl halides is 3. The molecule has 0 bridgehead atoms. The molecule has 0 aromatic heterocycles. The number of rotatable bonds is 4. The molecule has 1 aliphatic heterocycles. The molecular weight excluding hydrogens is 327 g/mol. The minimum absolute atomic E-state index is 0.00914. The molecule has 1 saturated heterocycles. The monoisotopic (exact) mass is 347 g/mol. The summed E-state index contributed by atoms with van der Waals surface area (Å²) in [5, 5.41) is 0. The molecule has 3 rings (SSSR count). The van der Waals surface area contributed by atoms with E-state index in [0.29, 0.717) is 12.1 Å². The molecule has 0 aliphatic carbocycles. The van der Waals surface area contributed by atoms with E-state index >= 15 is 0 Å². The SMILES string of the molecule is O=C(Cc1cccc(C(F)(F)F)c1)N1CCCC1Cc1ccccc1. The molecule has 2 nitrogen and oxygen atoms in total. The first-order valence-corrected chi connectivity index (χ1v) is 8.43. The van der Waals surface area contributed by atoms with Crippen molar-refractivity contribution in [3.8, 4) is 0 Å². The third kappa shape index (κ3) is 4.41. The van der Waals surface area contributed by atoms with Crippen LogP contribution in [0.4, 0.5) is 13.2 Å².